The van der Waals surface area contributed by atoms with Gasteiger partial charge in [-0.15, -0.1) is 11.8 Å². The van der Waals surface area contributed by atoms with Gasteiger partial charge in [0.15, 0.2) is 0 Å². The van der Waals surface area contributed by atoms with Gasteiger partial charge in [0.2, 0.25) is 5.91 Å². The van der Waals surface area contributed by atoms with E-state index in [1.54, 1.807) is 17.8 Å². The fourth-order valence-electron chi connectivity index (χ4n) is 2.56. The third-order valence-corrected chi connectivity index (χ3v) is 4.67. The molecule has 19 heavy (non-hydrogen) atoms. The van der Waals surface area contributed by atoms with Gasteiger partial charge in [-0.2, -0.15) is 0 Å². The van der Waals surface area contributed by atoms with Crippen molar-refractivity contribution >= 4 is 17.7 Å². The van der Waals surface area contributed by atoms with Crippen LogP contribution < -0.4 is 5.32 Å². The molecule has 0 bridgehead atoms. The molecule has 1 N–H and O–H groups in total. The van der Waals surface area contributed by atoms with Crippen LogP contribution in [0, 0.1) is 5.82 Å². The molecule has 2 atom stereocenters. The second-order valence-electron chi connectivity index (χ2n) is 4.88. The maximum Gasteiger partial charge on any atom is 0.249 e. The zero-order valence-electron chi connectivity index (χ0n) is 10.5. The summed E-state index contributed by atoms with van der Waals surface area (Å²) in [7, 11) is 0. The minimum atomic E-state index is -0.327. The summed E-state index contributed by atoms with van der Waals surface area (Å²) in [6.45, 7) is 0.657. The van der Waals surface area contributed by atoms with Crippen molar-refractivity contribution < 1.29 is 13.9 Å². The second kappa shape index (κ2) is 5.51. The number of thioether (sulfide) groups is 1. The Kier molecular flexibility index (Phi) is 3.75. The van der Waals surface area contributed by atoms with Crippen LogP contribution in [-0.2, 0) is 9.53 Å². The number of fused-ring (bicyclic) bond motifs is 1. The largest absolute Gasteiger partial charge is 0.368 e. The van der Waals surface area contributed by atoms with Gasteiger partial charge < -0.3 is 10.1 Å². The first-order valence-electron chi connectivity index (χ1n) is 6.58. The molecule has 1 aromatic carbocycles. The van der Waals surface area contributed by atoms with E-state index < -0.39 is 0 Å². The van der Waals surface area contributed by atoms with Gasteiger partial charge in [-0.3, -0.25) is 4.79 Å². The lowest BCUT2D eigenvalue weighted by Crippen LogP contribution is -2.38. The number of hydrogen-bond donors (Lipinski definition) is 1. The number of rotatable bonds is 2. The summed E-state index contributed by atoms with van der Waals surface area (Å²) in [5, 5.41) is 3.00. The molecule has 2 heterocycles. The molecule has 2 aliphatic heterocycles. The minimum Gasteiger partial charge on any atom is -0.368 e. The van der Waals surface area contributed by atoms with Crippen LogP contribution >= 0.6 is 11.8 Å². The molecule has 1 saturated heterocycles. The van der Waals surface area contributed by atoms with E-state index in [1.807, 2.05) is 0 Å². The normalized spacial score (nSPS) is 25.9. The lowest BCUT2D eigenvalue weighted by Gasteiger charge is -2.27. The van der Waals surface area contributed by atoms with Crippen LogP contribution in [0.25, 0.3) is 0 Å². The molecule has 0 unspecified atom stereocenters. The van der Waals surface area contributed by atoms with E-state index in [1.165, 1.54) is 12.1 Å². The quantitative estimate of drug-likeness (QED) is 0.905. The maximum absolute atomic E-state index is 13.4. The predicted molar refractivity (Wildman–Crippen MR) is 71.6 cm³/mol. The molecule has 1 fully saturated rings. The zero-order valence-corrected chi connectivity index (χ0v) is 11.3. The van der Waals surface area contributed by atoms with Gasteiger partial charge >= 0.3 is 0 Å². The highest BCUT2D eigenvalue weighted by molar-refractivity contribution is 7.99. The molecule has 0 spiro atoms. The van der Waals surface area contributed by atoms with Crippen LogP contribution in [0.2, 0.25) is 0 Å². The monoisotopic (exact) mass is 281 g/mol. The molecule has 0 aliphatic carbocycles. The highest BCUT2D eigenvalue weighted by atomic mass is 32.2. The average Bonchev–Trinajstić information content (AvgIpc) is 2.93. The topological polar surface area (TPSA) is 38.3 Å². The second-order valence-corrected chi connectivity index (χ2v) is 6.02. The molecule has 2 aliphatic rings. The highest BCUT2D eigenvalue weighted by Gasteiger charge is 2.28. The van der Waals surface area contributed by atoms with Gasteiger partial charge in [0, 0.05) is 17.3 Å². The van der Waals surface area contributed by atoms with Crippen LogP contribution in [0.5, 0.6) is 0 Å². The standard InChI is InChI=1S/C14H16FNO2S/c15-9-3-4-13-10(8-9)11(5-7-19-13)16-14(17)12-2-1-6-18-12/h3-4,8,11-12H,1-2,5-7H2,(H,16,17)/t11-,12-/m1/s1. The van der Waals surface area contributed by atoms with Crippen LogP contribution in [0.4, 0.5) is 4.39 Å². The molecule has 0 radical (unpaired) electrons. The Morgan fingerprint density at radius 1 is 1.42 bits per heavy atom. The lowest BCUT2D eigenvalue weighted by molar-refractivity contribution is -0.130. The summed E-state index contributed by atoms with van der Waals surface area (Å²) in [6.07, 6.45) is 2.22. The van der Waals surface area contributed by atoms with Crippen LogP contribution in [0.1, 0.15) is 30.9 Å². The Bertz CT molecular complexity index is 488. The van der Waals surface area contributed by atoms with E-state index in [0.717, 1.165) is 35.5 Å². The van der Waals surface area contributed by atoms with Gasteiger partial charge in [-0.05, 0) is 43.0 Å². The van der Waals surface area contributed by atoms with Crippen molar-refractivity contribution in [3.05, 3.63) is 29.6 Å². The molecule has 0 saturated carbocycles. The Hall–Kier alpha value is -1.07. The third kappa shape index (κ3) is 2.77. The van der Waals surface area contributed by atoms with Gasteiger partial charge in [-0.25, -0.2) is 4.39 Å². The number of hydrogen-bond acceptors (Lipinski definition) is 3. The lowest BCUT2D eigenvalue weighted by atomic mass is 10.0. The zero-order chi connectivity index (χ0) is 13.2. The van der Waals surface area contributed by atoms with E-state index in [2.05, 4.69) is 5.32 Å². The van der Waals surface area contributed by atoms with E-state index >= 15 is 0 Å². The van der Waals surface area contributed by atoms with Crippen LogP contribution in [0.15, 0.2) is 23.1 Å². The van der Waals surface area contributed by atoms with E-state index in [4.69, 9.17) is 4.74 Å². The fraction of sp³-hybridized carbons (Fsp3) is 0.500. The Balaban J connectivity index is 1.75. The molecule has 3 rings (SSSR count). The fourth-order valence-corrected chi connectivity index (χ4v) is 3.67. The molecule has 102 valence electrons. The SMILES string of the molecule is O=C(N[C@@H]1CCSc2ccc(F)cc21)[C@H]1CCCO1. The number of nitrogens with one attached hydrogen (secondary N) is 1. The first-order chi connectivity index (χ1) is 9.24. The van der Waals surface area contributed by atoms with Crippen molar-refractivity contribution in [1.29, 1.82) is 0 Å². The number of benzene rings is 1. The van der Waals surface area contributed by atoms with Crippen molar-refractivity contribution in [3.63, 3.8) is 0 Å². The van der Waals surface area contributed by atoms with Crippen LogP contribution in [0.3, 0.4) is 0 Å². The summed E-state index contributed by atoms with van der Waals surface area (Å²) in [4.78, 5) is 13.1. The van der Waals surface area contributed by atoms with E-state index in [9.17, 15) is 9.18 Å². The average molecular weight is 281 g/mol. The molecule has 0 aromatic heterocycles. The summed E-state index contributed by atoms with van der Waals surface area (Å²) >= 11 is 1.71. The molecular weight excluding hydrogens is 265 g/mol. The van der Waals surface area contributed by atoms with Crippen molar-refractivity contribution in [3.8, 4) is 0 Å². The van der Waals surface area contributed by atoms with Gasteiger partial charge in [0.25, 0.3) is 0 Å². The number of carbonyl (C=O) groups is 1. The highest BCUT2D eigenvalue weighted by Crippen LogP contribution is 2.36. The molecule has 5 heteroatoms. The van der Waals surface area contributed by atoms with Crippen molar-refractivity contribution in [2.75, 3.05) is 12.4 Å². The van der Waals surface area contributed by atoms with Crippen LogP contribution in [-0.4, -0.2) is 24.4 Å². The molecule has 1 aromatic rings. The predicted octanol–water partition coefficient (Wildman–Crippen LogP) is 2.66. The van der Waals surface area contributed by atoms with Gasteiger partial charge in [-0.1, -0.05) is 0 Å². The number of carbonyl (C=O) groups excluding carboxylic acids is 1. The number of halogens is 1. The first kappa shape index (κ1) is 12.9. The Labute approximate surface area is 115 Å². The summed E-state index contributed by atoms with van der Waals surface area (Å²) in [5.41, 5.74) is 0.891. The van der Waals surface area contributed by atoms with Crippen molar-refractivity contribution in [1.82, 2.24) is 5.32 Å². The van der Waals surface area contributed by atoms with Gasteiger partial charge in [0.1, 0.15) is 11.9 Å². The number of ether oxygens (including phenoxy) is 1. The minimum absolute atomic E-state index is 0.0652. The summed E-state index contributed by atoms with van der Waals surface area (Å²) in [6, 6.07) is 4.70. The smallest absolute Gasteiger partial charge is 0.249 e. The third-order valence-electron chi connectivity index (χ3n) is 3.55. The molecule has 3 nitrogen and oxygen atoms in total. The molecular formula is C14H16FNO2S. The van der Waals surface area contributed by atoms with E-state index in [0.29, 0.717) is 6.61 Å². The Morgan fingerprint density at radius 3 is 3.11 bits per heavy atom. The van der Waals surface area contributed by atoms with Crippen molar-refractivity contribution in [2.45, 2.75) is 36.3 Å². The maximum atomic E-state index is 13.4. The summed E-state index contributed by atoms with van der Waals surface area (Å²) in [5.74, 6) is 0.622. The summed E-state index contributed by atoms with van der Waals surface area (Å²) < 4.78 is 18.7. The Morgan fingerprint density at radius 2 is 2.32 bits per heavy atom. The number of amides is 1. The first-order valence-corrected chi connectivity index (χ1v) is 7.57. The van der Waals surface area contributed by atoms with E-state index in [-0.39, 0.29) is 23.9 Å². The van der Waals surface area contributed by atoms with Crippen molar-refractivity contribution in [2.24, 2.45) is 0 Å². The molecule has 1 amide bonds. The van der Waals surface area contributed by atoms with Gasteiger partial charge in [0.05, 0.1) is 6.04 Å².